The maximum absolute atomic E-state index is 11.6. The summed E-state index contributed by atoms with van der Waals surface area (Å²) >= 11 is 0. The largest absolute Gasteiger partial charge is 0.444 e. The van der Waals surface area contributed by atoms with E-state index in [1.54, 1.807) is 0 Å². The summed E-state index contributed by atoms with van der Waals surface area (Å²) < 4.78 is 5.11. The topological polar surface area (TPSA) is 49.8 Å². The number of aliphatic hydroxyl groups is 1. The van der Waals surface area contributed by atoms with Crippen LogP contribution in [0.5, 0.6) is 0 Å². The molecule has 17 heavy (non-hydrogen) atoms. The quantitative estimate of drug-likeness (QED) is 0.799. The zero-order valence-corrected chi connectivity index (χ0v) is 10.3. The summed E-state index contributed by atoms with van der Waals surface area (Å²) in [5.41, 5.74) is 0.934. The summed E-state index contributed by atoms with van der Waals surface area (Å²) in [6, 6.07) is 9.46. The van der Waals surface area contributed by atoms with Crippen molar-refractivity contribution < 1.29 is 14.6 Å². The van der Waals surface area contributed by atoms with Crippen LogP contribution in [0.25, 0.3) is 0 Å². The lowest BCUT2D eigenvalue weighted by Crippen LogP contribution is -2.35. The minimum atomic E-state index is -0.481. The molecule has 4 nitrogen and oxygen atoms in total. The zero-order chi connectivity index (χ0) is 12.7. The molecule has 0 spiro atoms. The van der Waals surface area contributed by atoms with Gasteiger partial charge >= 0.3 is 6.09 Å². The molecule has 1 amide bonds. The second kappa shape index (κ2) is 6.91. The van der Waals surface area contributed by atoms with E-state index in [9.17, 15) is 4.79 Å². The number of aliphatic hydroxyl groups excluding tert-OH is 1. The first kappa shape index (κ1) is 13.5. The van der Waals surface area contributed by atoms with E-state index in [0.717, 1.165) is 5.56 Å². The SMILES string of the molecule is CC(C)CN(CO)C(=O)OCc1ccccc1. The molecule has 0 fully saturated rings. The van der Waals surface area contributed by atoms with E-state index in [2.05, 4.69) is 0 Å². The Kier molecular flexibility index (Phi) is 5.49. The van der Waals surface area contributed by atoms with E-state index in [-0.39, 0.29) is 13.3 Å². The molecule has 0 bridgehead atoms. The third kappa shape index (κ3) is 4.87. The van der Waals surface area contributed by atoms with Crippen molar-refractivity contribution in [3.8, 4) is 0 Å². The van der Waals surface area contributed by atoms with Gasteiger partial charge in [-0.15, -0.1) is 0 Å². The normalized spacial score (nSPS) is 10.4. The Morgan fingerprint density at radius 1 is 1.35 bits per heavy atom. The average molecular weight is 237 g/mol. The van der Waals surface area contributed by atoms with E-state index in [1.807, 2.05) is 44.2 Å². The maximum atomic E-state index is 11.6. The lowest BCUT2D eigenvalue weighted by molar-refractivity contribution is 0.0524. The van der Waals surface area contributed by atoms with Gasteiger partial charge in [-0.3, -0.25) is 4.90 Å². The van der Waals surface area contributed by atoms with Crippen LogP contribution in [0.15, 0.2) is 30.3 Å². The molecule has 0 unspecified atom stereocenters. The van der Waals surface area contributed by atoms with Crippen LogP contribution in [0.1, 0.15) is 19.4 Å². The molecule has 0 saturated heterocycles. The molecule has 0 radical (unpaired) electrons. The van der Waals surface area contributed by atoms with Crippen molar-refractivity contribution >= 4 is 6.09 Å². The van der Waals surface area contributed by atoms with Gasteiger partial charge in [0, 0.05) is 6.54 Å². The summed E-state index contributed by atoms with van der Waals surface area (Å²) in [6.45, 7) is 4.37. The maximum Gasteiger partial charge on any atom is 0.411 e. The van der Waals surface area contributed by atoms with Gasteiger partial charge in [0.2, 0.25) is 0 Å². The summed E-state index contributed by atoms with van der Waals surface area (Å²) in [6.07, 6.45) is -0.481. The summed E-state index contributed by atoms with van der Waals surface area (Å²) in [7, 11) is 0. The first-order chi connectivity index (χ1) is 8.13. The summed E-state index contributed by atoms with van der Waals surface area (Å²) in [5, 5.41) is 9.07. The highest BCUT2D eigenvalue weighted by Gasteiger charge is 2.14. The smallest absolute Gasteiger partial charge is 0.411 e. The first-order valence-electron chi connectivity index (χ1n) is 5.70. The predicted molar refractivity (Wildman–Crippen MR) is 65.3 cm³/mol. The molecule has 0 atom stereocenters. The second-order valence-electron chi connectivity index (χ2n) is 4.30. The van der Waals surface area contributed by atoms with Gasteiger partial charge in [0.25, 0.3) is 0 Å². The van der Waals surface area contributed by atoms with Crippen LogP contribution in [-0.2, 0) is 11.3 Å². The molecule has 1 aromatic rings. The number of benzene rings is 1. The van der Waals surface area contributed by atoms with Gasteiger partial charge in [0.05, 0.1) is 0 Å². The zero-order valence-electron chi connectivity index (χ0n) is 10.3. The van der Waals surface area contributed by atoms with Crippen LogP contribution in [0.2, 0.25) is 0 Å². The van der Waals surface area contributed by atoms with Crippen LogP contribution in [-0.4, -0.2) is 29.4 Å². The average Bonchev–Trinajstić information content (AvgIpc) is 2.34. The Bertz CT molecular complexity index is 338. The molecule has 1 N–H and O–H groups in total. The van der Waals surface area contributed by atoms with Gasteiger partial charge in [0.15, 0.2) is 0 Å². The van der Waals surface area contributed by atoms with Gasteiger partial charge in [0.1, 0.15) is 13.3 Å². The minimum Gasteiger partial charge on any atom is -0.444 e. The molecule has 0 aliphatic heterocycles. The number of rotatable bonds is 5. The van der Waals surface area contributed by atoms with Gasteiger partial charge in [-0.2, -0.15) is 0 Å². The number of hydrogen-bond donors (Lipinski definition) is 1. The third-order valence-electron chi connectivity index (χ3n) is 2.22. The van der Waals surface area contributed by atoms with Crippen molar-refractivity contribution in [1.29, 1.82) is 0 Å². The van der Waals surface area contributed by atoms with Crippen LogP contribution >= 0.6 is 0 Å². The van der Waals surface area contributed by atoms with E-state index in [4.69, 9.17) is 9.84 Å². The van der Waals surface area contributed by atoms with Crippen molar-refractivity contribution in [2.75, 3.05) is 13.3 Å². The number of hydrogen-bond acceptors (Lipinski definition) is 3. The van der Waals surface area contributed by atoms with Crippen LogP contribution in [0.3, 0.4) is 0 Å². The van der Waals surface area contributed by atoms with Gasteiger partial charge in [-0.05, 0) is 11.5 Å². The van der Waals surface area contributed by atoms with Gasteiger partial charge < -0.3 is 9.84 Å². The molecule has 1 aromatic carbocycles. The Hall–Kier alpha value is -1.55. The monoisotopic (exact) mass is 237 g/mol. The molecule has 0 heterocycles. The minimum absolute atomic E-state index is 0.230. The van der Waals surface area contributed by atoms with E-state index in [1.165, 1.54) is 4.90 Å². The fourth-order valence-corrected chi connectivity index (χ4v) is 1.44. The van der Waals surface area contributed by atoms with E-state index < -0.39 is 6.09 Å². The Morgan fingerprint density at radius 2 is 2.00 bits per heavy atom. The first-order valence-corrected chi connectivity index (χ1v) is 5.70. The van der Waals surface area contributed by atoms with Gasteiger partial charge in [-0.25, -0.2) is 4.79 Å². The van der Waals surface area contributed by atoms with Crippen molar-refractivity contribution in [3.63, 3.8) is 0 Å². The molecule has 0 aliphatic carbocycles. The van der Waals surface area contributed by atoms with Crippen LogP contribution in [0, 0.1) is 5.92 Å². The Balaban J connectivity index is 2.42. The molecular formula is C13H19NO3. The van der Waals surface area contributed by atoms with Crippen LogP contribution in [0.4, 0.5) is 4.79 Å². The fourth-order valence-electron chi connectivity index (χ4n) is 1.44. The lowest BCUT2D eigenvalue weighted by atomic mass is 10.2. The summed E-state index contributed by atoms with van der Waals surface area (Å²) in [5.74, 6) is 0.298. The molecular weight excluding hydrogens is 218 g/mol. The van der Waals surface area contributed by atoms with Crippen LogP contribution < -0.4 is 0 Å². The highest BCUT2D eigenvalue weighted by Crippen LogP contribution is 2.05. The lowest BCUT2D eigenvalue weighted by Gasteiger charge is -2.21. The number of ether oxygens (including phenoxy) is 1. The highest BCUT2D eigenvalue weighted by molar-refractivity contribution is 5.67. The van der Waals surface area contributed by atoms with Crippen molar-refractivity contribution in [1.82, 2.24) is 4.90 Å². The standard InChI is InChI=1S/C13H19NO3/c1-11(2)8-14(10-15)13(16)17-9-12-6-4-3-5-7-12/h3-7,11,15H,8-10H2,1-2H3. The number of amides is 1. The van der Waals surface area contributed by atoms with E-state index >= 15 is 0 Å². The third-order valence-corrected chi connectivity index (χ3v) is 2.22. The molecule has 4 heteroatoms. The predicted octanol–water partition coefficient (Wildman–Crippen LogP) is 2.23. The number of carbonyl (C=O) groups excluding carboxylic acids is 1. The van der Waals surface area contributed by atoms with Crippen molar-refractivity contribution in [2.45, 2.75) is 20.5 Å². The fraction of sp³-hybridized carbons (Fsp3) is 0.462. The Morgan fingerprint density at radius 3 is 2.53 bits per heavy atom. The number of carbonyl (C=O) groups is 1. The van der Waals surface area contributed by atoms with Gasteiger partial charge in [-0.1, -0.05) is 44.2 Å². The second-order valence-corrected chi connectivity index (χ2v) is 4.30. The highest BCUT2D eigenvalue weighted by atomic mass is 16.6. The molecule has 0 aromatic heterocycles. The molecule has 1 rings (SSSR count). The number of nitrogens with zero attached hydrogens (tertiary/aromatic N) is 1. The van der Waals surface area contributed by atoms with E-state index in [0.29, 0.717) is 12.5 Å². The molecule has 94 valence electrons. The van der Waals surface area contributed by atoms with Crippen molar-refractivity contribution in [2.24, 2.45) is 5.92 Å². The molecule has 0 aliphatic rings. The summed E-state index contributed by atoms with van der Waals surface area (Å²) in [4.78, 5) is 12.9. The molecule has 0 saturated carbocycles. The Labute approximate surface area is 102 Å². The van der Waals surface area contributed by atoms with Crippen molar-refractivity contribution in [3.05, 3.63) is 35.9 Å².